The van der Waals surface area contributed by atoms with Crippen LogP contribution < -0.4 is 4.90 Å². The molecule has 0 radical (unpaired) electrons. The third-order valence-electron chi connectivity index (χ3n) is 3.98. The van der Waals surface area contributed by atoms with Gasteiger partial charge in [0.05, 0.1) is 10.2 Å². The molecule has 0 N–H and O–H groups in total. The molecule has 1 heterocycles. The van der Waals surface area contributed by atoms with E-state index in [2.05, 4.69) is 0 Å². The Hall–Kier alpha value is -1.37. The lowest BCUT2D eigenvalue weighted by Crippen LogP contribution is -2.36. The van der Waals surface area contributed by atoms with Crippen LogP contribution in [0.4, 0.5) is 5.13 Å². The highest BCUT2D eigenvalue weighted by Gasteiger charge is 2.22. The van der Waals surface area contributed by atoms with Crippen molar-refractivity contribution in [2.24, 2.45) is 0 Å². The monoisotopic (exact) mass is 443 g/mol. The molecule has 0 unspecified atom stereocenters. The molecule has 144 valence electrons. The Morgan fingerprint density at radius 3 is 2.37 bits per heavy atom. The Balaban J connectivity index is 0.00000261. The minimum Gasteiger partial charge on any atom is -0.308 e. The fraction of sp³-hybridized carbons (Fsp3) is 0.263. The smallest absolute Gasteiger partial charge is 0.260 e. The van der Waals surface area contributed by atoms with Gasteiger partial charge in [0.15, 0.2) is 5.13 Å². The zero-order valence-electron chi connectivity index (χ0n) is 15.2. The average Bonchev–Trinajstić information content (AvgIpc) is 2.99. The first-order valence-electron chi connectivity index (χ1n) is 8.14. The SMILES string of the molecule is Cc1cc(Cl)cc2sc(N(CCN(C)C)C(=O)c3ccc(Cl)cc3)nc12.Cl. The van der Waals surface area contributed by atoms with E-state index in [1.165, 1.54) is 11.3 Å². The first-order valence-corrected chi connectivity index (χ1v) is 9.71. The molecular weight excluding hydrogens is 425 g/mol. The number of fused-ring (bicyclic) bond motifs is 1. The largest absolute Gasteiger partial charge is 0.308 e. The van der Waals surface area contributed by atoms with Crippen LogP contribution in [0.3, 0.4) is 0 Å². The third kappa shape index (κ3) is 5.12. The Bertz CT molecular complexity index is 941. The van der Waals surface area contributed by atoms with E-state index in [9.17, 15) is 4.79 Å². The maximum atomic E-state index is 13.1. The van der Waals surface area contributed by atoms with Gasteiger partial charge in [-0.05, 0) is 63.0 Å². The van der Waals surface area contributed by atoms with Crippen molar-refractivity contribution in [1.82, 2.24) is 9.88 Å². The van der Waals surface area contributed by atoms with Gasteiger partial charge in [0, 0.05) is 28.7 Å². The second-order valence-electron chi connectivity index (χ2n) is 6.33. The molecule has 0 aliphatic heterocycles. The number of anilines is 1. The van der Waals surface area contributed by atoms with E-state index in [1.54, 1.807) is 29.2 Å². The molecule has 3 rings (SSSR count). The summed E-state index contributed by atoms with van der Waals surface area (Å²) in [5.74, 6) is -0.0914. The zero-order valence-corrected chi connectivity index (χ0v) is 18.3. The van der Waals surface area contributed by atoms with Gasteiger partial charge in [-0.25, -0.2) is 4.98 Å². The molecule has 2 aromatic carbocycles. The molecule has 3 aromatic rings. The highest BCUT2D eigenvalue weighted by molar-refractivity contribution is 7.22. The van der Waals surface area contributed by atoms with Crippen LogP contribution in [0.1, 0.15) is 15.9 Å². The number of nitrogens with zero attached hydrogens (tertiary/aromatic N) is 3. The summed E-state index contributed by atoms with van der Waals surface area (Å²) in [7, 11) is 3.96. The molecule has 0 atom stereocenters. The van der Waals surface area contributed by atoms with E-state index >= 15 is 0 Å². The number of benzene rings is 2. The van der Waals surface area contributed by atoms with Crippen molar-refractivity contribution in [3.8, 4) is 0 Å². The second-order valence-corrected chi connectivity index (χ2v) is 8.21. The minimum absolute atomic E-state index is 0. The molecule has 0 spiro atoms. The predicted octanol–water partition coefficient (Wildman–Crippen LogP) is 5.54. The van der Waals surface area contributed by atoms with Crippen molar-refractivity contribution in [2.75, 3.05) is 32.1 Å². The van der Waals surface area contributed by atoms with E-state index in [1.807, 2.05) is 38.1 Å². The molecule has 0 aliphatic rings. The summed E-state index contributed by atoms with van der Waals surface area (Å²) < 4.78 is 0.976. The number of halogens is 3. The predicted molar refractivity (Wildman–Crippen MR) is 118 cm³/mol. The molecule has 0 aliphatic carbocycles. The Labute approximate surface area is 179 Å². The van der Waals surface area contributed by atoms with Crippen LogP contribution in [0.25, 0.3) is 10.2 Å². The number of hydrogen-bond acceptors (Lipinski definition) is 4. The van der Waals surface area contributed by atoms with Crippen molar-refractivity contribution < 1.29 is 4.79 Å². The Morgan fingerprint density at radius 2 is 1.74 bits per heavy atom. The van der Waals surface area contributed by atoms with Crippen LogP contribution in [-0.4, -0.2) is 43.0 Å². The van der Waals surface area contributed by atoms with Gasteiger partial charge < -0.3 is 4.90 Å². The fourth-order valence-corrected chi connectivity index (χ4v) is 4.16. The van der Waals surface area contributed by atoms with E-state index in [-0.39, 0.29) is 18.3 Å². The number of likely N-dealkylation sites (N-methyl/N-ethyl adjacent to an activating group) is 1. The molecule has 0 saturated carbocycles. The molecule has 8 heteroatoms. The van der Waals surface area contributed by atoms with Crippen LogP contribution >= 0.6 is 46.9 Å². The first-order chi connectivity index (χ1) is 12.3. The minimum atomic E-state index is -0.0914. The van der Waals surface area contributed by atoms with Gasteiger partial charge in [-0.2, -0.15) is 0 Å². The summed E-state index contributed by atoms with van der Waals surface area (Å²) in [6, 6.07) is 10.7. The quantitative estimate of drug-likeness (QED) is 0.518. The van der Waals surface area contributed by atoms with Crippen molar-refractivity contribution in [2.45, 2.75) is 6.92 Å². The zero-order chi connectivity index (χ0) is 18.8. The van der Waals surface area contributed by atoms with E-state index < -0.39 is 0 Å². The van der Waals surface area contributed by atoms with Crippen LogP contribution in [0.2, 0.25) is 10.0 Å². The van der Waals surface area contributed by atoms with Gasteiger partial charge in [-0.3, -0.25) is 9.69 Å². The lowest BCUT2D eigenvalue weighted by atomic mass is 10.2. The maximum absolute atomic E-state index is 13.1. The van der Waals surface area contributed by atoms with Crippen LogP contribution in [0, 0.1) is 6.92 Å². The fourth-order valence-electron chi connectivity index (χ4n) is 2.59. The summed E-state index contributed by atoms with van der Waals surface area (Å²) >= 11 is 13.6. The van der Waals surface area contributed by atoms with Crippen molar-refractivity contribution in [1.29, 1.82) is 0 Å². The van der Waals surface area contributed by atoms with E-state index in [0.29, 0.717) is 27.3 Å². The lowest BCUT2D eigenvalue weighted by molar-refractivity contribution is 0.0985. The third-order valence-corrected chi connectivity index (χ3v) is 5.47. The molecule has 4 nitrogen and oxygen atoms in total. The summed E-state index contributed by atoms with van der Waals surface area (Å²) in [5, 5.41) is 1.95. The summed E-state index contributed by atoms with van der Waals surface area (Å²) in [6.45, 7) is 3.25. The standard InChI is InChI=1S/C19H19Cl2N3OS.ClH/c1-12-10-15(21)11-16-17(12)22-19(26-16)24(9-8-23(2)3)18(25)13-4-6-14(20)7-5-13;/h4-7,10-11H,8-9H2,1-3H3;1H. The first kappa shape index (κ1) is 21.9. The molecule has 27 heavy (non-hydrogen) atoms. The molecule has 1 amide bonds. The summed E-state index contributed by atoms with van der Waals surface area (Å²) in [4.78, 5) is 21.6. The Kier molecular flexibility index (Phi) is 7.48. The number of carbonyl (C=O) groups excluding carboxylic acids is 1. The van der Waals surface area contributed by atoms with Gasteiger partial charge in [0.25, 0.3) is 5.91 Å². The number of rotatable bonds is 5. The Morgan fingerprint density at radius 1 is 1.07 bits per heavy atom. The van der Waals surface area contributed by atoms with Crippen molar-refractivity contribution in [3.05, 3.63) is 57.6 Å². The van der Waals surface area contributed by atoms with Gasteiger partial charge in [0.2, 0.25) is 0 Å². The number of aryl methyl sites for hydroxylation is 1. The highest BCUT2D eigenvalue weighted by Crippen LogP contribution is 2.33. The van der Waals surface area contributed by atoms with Crippen LogP contribution in [-0.2, 0) is 0 Å². The van der Waals surface area contributed by atoms with Crippen LogP contribution in [0.15, 0.2) is 36.4 Å². The molecule has 0 bridgehead atoms. The molecule has 1 aromatic heterocycles. The summed E-state index contributed by atoms with van der Waals surface area (Å²) in [6.07, 6.45) is 0. The van der Waals surface area contributed by atoms with E-state index in [0.717, 1.165) is 22.3 Å². The number of hydrogen-bond donors (Lipinski definition) is 0. The van der Waals surface area contributed by atoms with Gasteiger partial charge in [0.1, 0.15) is 0 Å². The number of amides is 1. The molecule has 0 fully saturated rings. The van der Waals surface area contributed by atoms with Gasteiger partial charge in [-0.1, -0.05) is 34.5 Å². The number of aromatic nitrogens is 1. The van der Waals surface area contributed by atoms with Crippen molar-refractivity contribution >= 4 is 68.2 Å². The van der Waals surface area contributed by atoms with Crippen LogP contribution in [0.5, 0.6) is 0 Å². The highest BCUT2D eigenvalue weighted by atomic mass is 35.5. The second kappa shape index (κ2) is 9.22. The molecular formula is C19H20Cl3N3OS. The molecule has 0 saturated heterocycles. The number of thiazole rings is 1. The van der Waals surface area contributed by atoms with E-state index in [4.69, 9.17) is 28.2 Å². The van der Waals surface area contributed by atoms with Crippen molar-refractivity contribution in [3.63, 3.8) is 0 Å². The lowest BCUT2D eigenvalue weighted by Gasteiger charge is -2.22. The van der Waals surface area contributed by atoms with Gasteiger partial charge >= 0.3 is 0 Å². The average molecular weight is 445 g/mol. The summed E-state index contributed by atoms with van der Waals surface area (Å²) in [5.41, 5.74) is 2.47. The topological polar surface area (TPSA) is 36.4 Å². The van der Waals surface area contributed by atoms with Gasteiger partial charge in [-0.15, -0.1) is 12.4 Å². The number of carbonyl (C=O) groups is 1. The maximum Gasteiger partial charge on any atom is 0.260 e. The normalized spacial score (nSPS) is 10.9.